The van der Waals surface area contributed by atoms with E-state index >= 15 is 0 Å². The Morgan fingerprint density at radius 3 is 2.65 bits per heavy atom. The van der Waals surface area contributed by atoms with Gasteiger partial charge in [-0.15, -0.1) is 0 Å². The van der Waals surface area contributed by atoms with Crippen LogP contribution in [-0.2, 0) is 4.79 Å². The van der Waals surface area contributed by atoms with E-state index in [0.29, 0.717) is 17.1 Å². The van der Waals surface area contributed by atoms with E-state index in [2.05, 4.69) is 6.58 Å². The summed E-state index contributed by atoms with van der Waals surface area (Å²) in [5.74, 6) is -0.281. The predicted molar refractivity (Wildman–Crippen MR) is 60.0 cm³/mol. The Bertz CT molecular complexity index is 488. The Hall–Kier alpha value is -2.48. The number of hydrogen-bond donors (Lipinski definition) is 1. The van der Waals surface area contributed by atoms with Crippen LogP contribution in [-0.4, -0.2) is 24.8 Å². The van der Waals surface area contributed by atoms with E-state index in [0.717, 1.165) is 0 Å². The van der Waals surface area contributed by atoms with Gasteiger partial charge in [0.1, 0.15) is 18.1 Å². The third-order valence-electron chi connectivity index (χ3n) is 1.96. The lowest BCUT2D eigenvalue weighted by molar-refractivity contribution is -0.133. The third-order valence-corrected chi connectivity index (χ3v) is 1.96. The maximum Gasteiger partial charge on any atom is 0.334 e. The molecule has 0 saturated carbocycles. The van der Waals surface area contributed by atoms with Gasteiger partial charge in [-0.1, -0.05) is 6.58 Å². The highest BCUT2D eigenvalue weighted by Gasteiger charge is 2.06. The number of methoxy groups -OCH3 is 1. The largest absolute Gasteiger partial charge is 0.497 e. The number of carboxylic acid groups (broad SMARTS) is 1. The fourth-order valence-corrected chi connectivity index (χ4v) is 1.07. The minimum absolute atomic E-state index is 0.0636. The van der Waals surface area contributed by atoms with Gasteiger partial charge in [0, 0.05) is 6.07 Å². The fraction of sp³-hybridized carbons (Fsp3) is 0.167. The molecule has 0 spiro atoms. The zero-order chi connectivity index (χ0) is 12.8. The first-order valence-corrected chi connectivity index (χ1v) is 4.70. The van der Waals surface area contributed by atoms with Crippen LogP contribution in [0.25, 0.3) is 0 Å². The molecule has 1 rings (SSSR count). The van der Waals surface area contributed by atoms with Crippen molar-refractivity contribution in [3.05, 3.63) is 35.9 Å². The molecule has 0 aromatic heterocycles. The summed E-state index contributed by atoms with van der Waals surface area (Å²) in [7, 11) is 1.47. The van der Waals surface area contributed by atoms with Gasteiger partial charge in [0.05, 0.1) is 24.3 Å². The lowest BCUT2D eigenvalue weighted by Crippen LogP contribution is -2.09. The molecule has 17 heavy (non-hydrogen) atoms. The standard InChI is InChI=1S/C12H11NO4/c1-8(12(14)15)7-17-11-4-9(6-13)3-10(5-11)16-2/h3-5H,1,7H2,2H3,(H,14,15). The summed E-state index contributed by atoms with van der Waals surface area (Å²) in [5.41, 5.74) is 0.312. The van der Waals surface area contributed by atoms with Crippen LogP contribution in [0.1, 0.15) is 5.56 Å². The van der Waals surface area contributed by atoms with E-state index in [1.54, 1.807) is 12.1 Å². The van der Waals surface area contributed by atoms with Crippen molar-refractivity contribution in [1.29, 1.82) is 5.26 Å². The molecular formula is C12H11NO4. The van der Waals surface area contributed by atoms with Gasteiger partial charge in [0.25, 0.3) is 0 Å². The highest BCUT2D eigenvalue weighted by Crippen LogP contribution is 2.22. The predicted octanol–water partition coefficient (Wildman–Crippen LogP) is 1.59. The van der Waals surface area contributed by atoms with E-state index in [-0.39, 0.29) is 12.2 Å². The summed E-state index contributed by atoms with van der Waals surface area (Å²) in [4.78, 5) is 10.5. The Balaban J connectivity index is 2.81. The molecule has 0 fully saturated rings. The Kier molecular flexibility index (Phi) is 4.12. The summed E-state index contributed by atoms with van der Waals surface area (Å²) in [6.07, 6.45) is 0. The molecule has 1 aromatic rings. The van der Waals surface area contributed by atoms with Gasteiger partial charge in [0.15, 0.2) is 0 Å². The van der Waals surface area contributed by atoms with Gasteiger partial charge in [-0.2, -0.15) is 5.26 Å². The lowest BCUT2D eigenvalue weighted by atomic mass is 10.2. The number of benzene rings is 1. The maximum absolute atomic E-state index is 10.5. The second kappa shape index (κ2) is 5.56. The van der Waals surface area contributed by atoms with E-state index in [1.807, 2.05) is 6.07 Å². The molecule has 0 aliphatic carbocycles. The number of hydrogen-bond acceptors (Lipinski definition) is 4. The number of aliphatic carboxylic acids is 1. The van der Waals surface area contributed by atoms with Crippen molar-refractivity contribution in [2.75, 3.05) is 13.7 Å². The van der Waals surface area contributed by atoms with Gasteiger partial charge < -0.3 is 14.6 Å². The lowest BCUT2D eigenvalue weighted by Gasteiger charge is -2.08. The smallest absolute Gasteiger partial charge is 0.334 e. The Labute approximate surface area is 98.5 Å². The zero-order valence-electron chi connectivity index (χ0n) is 9.27. The van der Waals surface area contributed by atoms with Gasteiger partial charge >= 0.3 is 5.97 Å². The van der Waals surface area contributed by atoms with E-state index in [4.69, 9.17) is 19.8 Å². The van der Waals surface area contributed by atoms with Crippen LogP contribution in [0, 0.1) is 11.3 Å². The molecule has 0 saturated heterocycles. The van der Waals surface area contributed by atoms with Gasteiger partial charge in [-0.05, 0) is 12.1 Å². The molecule has 0 heterocycles. The third kappa shape index (κ3) is 3.54. The number of rotatable bonds is 5. The number of nitrogens with zero attached hydrogens (tertiary/aromatic N) is 1. The first kappa shape index (κ1) is 12.6. The Morgan fingerprint density at radius 2 is 2.12 bits per heavy atom. The van der Waals surface area contributed by atoms with Gasteiger partial charge in [-0.3, -0.25) is 0 Å². The molecular weight excluding hydrogens is 222 g/mol. The summed E-state index contributed by atoms with van der Waals surface area (Å²) in [6, 6.07) is 6.57. The molecule has 0 amide bonds. The monoisotopic (exact) mass is 233 g/mol. The van der Waals surface area contributed by atoms with Gasteiger partial charge in [0.2, 0.25) is 0 Å². The molecule has 88 valence electrons. The summed E-state index contributed by atoms with van der Waals surface area (Å²) in [6.45, 7) is 3.19. The summed E-state index contributed by atoms with van der Waals surface area (Å²) < 4.78 is 10.2. The van der Waals surface area contributed by atoms with E-state index in [9.17, 15) is 4.79 Å². The van der Waals surface area contributed by atoms with Crippen molar-refractivity contribution in [1.82, 2.24) is 0 Å². The number of carboxylic acids is 1. The fourth-order valence-electron chi connectivity index (χ4n) is 1.07. The van der Waals surface area contributed by atoms with Crippen molar-refractivity contribution >= 4 is 5.97 Å². The van der Waals surface area contributed by atoms with Crippen LogP contribution in [0.5, 0.6) is 11.5 Å². The SMILES string of the molecule is C=C(COc1cc(C#N)cc(OC)c1)C(=O)O. The number of nitriles is 1. The van der Waals surface area contributed by atoms with Crippen LogP contribution in [0.15, 0.2) is 30.4 Å². The second-order valence-corrected chi connectivity index (χ2v) is 3.21. The first-order valence-electron chi connectivity index (χ1n) is 4.70. The molecule has 0 unspecified atom stereocenters. The highest BCUT2D eigenvalue weighted by atomic mass is 16.5. The van der Waals surface area contributed by atoms with Gasteiger partial charge in [-0.25, -0.2) is 4.79 Å². The van der Waals surface area contributed by atoms with E-state index < -0.39 is 5.97 Å². The summed E-state index contributed by atoms with van der Waals surface area (Å²) in [5, 5.41) is 17.4. The molecule has 0 atom stereocenters. The van der Waals surface area contributed by atoms with Crippen molar-refractivity contribution in [2.45, 2.75) is 0 Å². The average molecular weight is 233 g/mol. The van der Waals surface area contributed by atoms with Crippen LogP contribution in [0.2, 0.25) is 0 Å². The zero-order valence-corrected chi connectivity index (χ0v) is 9.27. The number of carbonyl (C=O) groups is 1. The first-order chi connectivity index (χ1) is 8.06. The molecule has 0 bridgehead atoms. The van der Waals surface area contributed by atoms with Crippen molar-refractivity contribution in [3.63, 3.8) is 0 Å². The van der Waals surface area contributed by atoms with Crippen LogP contribution >= 0.6 is 0 Å². The second-order valence-electron chi connectivity index (χ2n) is 3.21. The van der Waals surface area contributed by atoms with Crippen LogP contribution in [0.3, 0.4) is 0 Å². The normalized spacial score (nSPS) is 9.18. The number of ether oxygens (including phenoxy) is 2. The van der Waals surface area contributed by atoms with E-state index in [1.165, 1.54) is 13.2 Å². The summed E-state index contributed by atoms with van der Waals surface area (Å²) >= 11 is 0. The topological polar surface area (TPSA) is 79.5 Å². The Morgan fingerprint density at radius 1 is 1.47 bits per heavy atom. The molecule has 1 N–H and O–H groups in total. The highest BCUT2D eigenvalue weighted by molar-refractivity contribution is 5.86. The molecule has 5 nitrogen and oxygen atoms in total. The van der Waals surface area contributed by atoms with Crippen molar-refractivity contribution < 1.29 is 19.4 Å². The molecule has 0 radical (unpaired) electrons. The minimum atomic E-state index is -1.12. The maximum atomic E-state index is 10.5. The van der Waals surface area contributed by atoms with Crippen LogP contribution in [0.4, 0.5) is 0 Å². The van der Waals surface area contributed by atoms with Crippen LogP contribution < -0.4 is 9.47 Å². The molecule has 5 heteroatoms. The average Bonchev–Trinajstić information content (AvgIpc) is 2.35. The molecule has 0 aliphatic rings. The molecule has 1 aromatic carbocycles. The minimum Gasteiger partial charge on any atom is -0.497 e. The molecule has 0 aliphatic heterocycles. The quantitative estimate of drug-likeness (QED) is 0.781. The van der Waals surface area contributed by atoms with Crippen molar-refractivity contribution in [2.24, 2.45) is 0 Å². The van der Waals surface area contributed by atoms with Crippen molar-refractivity contribution in [3.8, 4) is 17.6 Å².